The third kappa shape index (κ3) is 4.75. The maximum Gasteiger partial charge on any atom is 0.348 e. The number of carbonyl (C=O) groups is 3. The maximum absolute atomic E-state index is 12.5. The summed E-state index contributed by atoms with van der Waals surface area (Å²) in [6.45, 7) is 5.36. The van der Waals surface area contributed by atoms with Gasteiger partial charge < -0.3 is 20.6 Å². The number of thiophene rings is 1. The molecular weight excluding hydrogens is 430 g/mol. The van der Waals surface area contributed by atoms with Crippen LogP contribution in [0.3, 0.4) is 0 Å². The average molecular weight is 454 g/mol. The van der Waals surface area contributed by atoms with Gasteiger partial charge in [-0.25, -0.2) is 14.3 Å². The van der Waals surface area contributed by atoms with Crippen LogP contribution in [0, 0.1) is 6.92 Å². The number of anilines is 1. The number of esters is 2. The van der Waals surface area contributed by atoms with Gasteiger partial charge in [-0.3, -0.25) is 4.79 Å². The van der Waals surface area contributed by atoms with Crippen LogP contribution in [0.4, 0.5) is 5.00 Å². The smallest absolute Gasteiger partial charge is 0.348 e. The Kier molecular flexibility index (Phi) is 6.98. The molecule has 0 atom stereocenters. The molecule has 1 amide bonds. The van der Waals surface area contributed by atoms with E-state index >= 15 is 0 Å². The Labute approximate surface area is 181 Å². The lowest BCUT2D eigenvalue weighted by Crippen LogP contribution is -2.18. The van der Waals surface area contributed by atoms with Gasteiger partial charge >= 0.3 is 11.9 Å². The van der Waals surface area contributed by atoms with Gasteiger partial charge in [-0.2, -0.15) is 0 Å². The van der Waals surface area contributed by atoms with E-state index in [0.29, 0.717) is 16.6 Å². The Morgan fingerprint density at radius 2 is 1.87 bits per heavy atom. The molecule has 3 rings (SSSR count). The summed E-state index contributed by atoms with van der Waals surface area (Å²) in [7, 11) is 0. The number of aromatic nitrogens is 3. The van der Waals surface area contributed by atoms with Crippen LogP contribution in [-0.4, -0.2) is 51.7 Å². The van der Waals surface area contributed by atoms with Crippen molar-refractivity contribution in [3.8, 4) is 0 Å². The number of thioether (sulfide) groups is 1. The van der Waals surface area contributed by atoms with Crippen molar-refractivity contribution in [2.24, 2.45) is 0 Å². The second kappa shape index (κ2) is 9.47. The second-order valence-electron chi connectivity index (χ2n) is 6.52. The lowest BCUT2D eigenvalue weighted by molar-refractivity contribution is -0.113. The minimum Gasteiger partial charge on any atom is -0.462 e. The molecule has 1 fully saturated rings. The topological polar surface area (TPSA) is 138 Å². The molecule has 0 aromatic carbocycles. The maximum atomic E-state index is 12.5. The summed E-state index contributed by atoms with van der Waals surface area (Å²) in [4.78, 5) is 37.3. The number of ether oxygens (including phenoxy) is 2. The zero-order chi connectivity index (χ0) is 21.8. The van der Waals surface area contributed by atoms with Gasteiger partial charge in [-0.15, -0.1) is 21.5 Å². The van der Waals surface area contributed by atoms with Crippen molar-refractivity contribution in [2.45, 2.75) is 44.7 Å². The summed E-state index contributed by atoms with van der Waals surface area (Å²) in [5.74, 6) is 5.52. The van der Waals surface area contributed by atoms with Crippen LogP contribution in [0.25, 0.3) is 0 Å². The predicted molar refractivity (Wildman–Crippen MR) is 112 cm³/mol. The Morgan fingerprint density at radius 3 is 2.50 bits per heavy atom. The second-order valence-corrected chi connectivity index (χ2v) is 8.49. The molecule has 162 valence electrons. The molecule has 2 aromatic rings. The molecule has 2 aromatic heterocycles. The monoisotopic (exact) mass is 453 g/mol. The fourth-order valence-corrected chi connectivity index (χ4v) is 4.51. The average Bonchev–Trinajstić information content (AvgIpc) is 3.39. The summed E-state index contributed by atoms with van der Waals surface area (Å²) in [5.41, 5.74) is 0.567. The van der Waals surface area contributed by atoms with E-state index in [2.05, 4.69) is 15.5 Å². The first kappa shape index (κ1) is 22.1. The minimum absolute atomic E-state index is 0.00789. The highest BCUT2D eigenvalue weighted by molar-refractivity contribution is 7.99. The van der Waals surface area contributed by atoms with E-state index in [4.69, 9.17) is 15.3 Å². The van der Waals surface area contributed by atoms with E-state index in [1.807, 2.05) is 0 Å². The van der Waals surface area contributed by atoms with Crippen molar-refractivity contribution < 1.29 is 23.9 Å². The first-order valence-electron chi connectivity index (χ1n) is 9.47. The van der Waals surface area contributed by atoms with Gasteiger partial charge in [0.2, 0.25) is 11.1 Å². The molecule has 0 aliphatic heterocycles. The van der Waals surface area contributed by atoms with Gasteiger partial charge in [0.1, 0.15) is 9.88 Å². The molecule has 2 heterocycles. The van der Waals surface area contributed by atoms with E-state index in [9.17, 15) is 14.4 Å². The summed E-state index contributed by atoms with van der Waals surface area (Å²) in [6, 6.07) is 0. The molecule has 0 saturated heterocycles. The SMILES string of the molecule is CCOC(=O)c1sc(NC(=O)CSc2nnc(C3CC3)n2N)c(C(=O)OCC)c1C. The molecule has 0 bridgehead atoms. The summed E-state index contributed by atoms with van der Waals surface area (Å²) in [6.07, 6.45) is 2.08. The van der Waals surface area contributed by atoms with Crippen LogP contribution < -0.4 is 11.2 Å². The van der Waals surface area contributed by atoms with Gasteiger partial charge in [-0.05, 0) is 39.2 Å². The number of nitrogens with two attached hydrogens (primary N) is 1. The van der Waals surface area contributed by atoms with E-state index in [0.717, 1.165) is 41.8 Å². The number of nitrogens with zero attached hydrogens (tertiary/aromatic N) is 3. The Morgan fingerprint density at radius 1 is 1.20 bits per heavy atom. The number of amides is 1. The molecular formula is C18H23N5O5S2. The number of rotatable bonds is 9. The van der Waals surface area contributed by atoms with Crippen molar-refractivity contribution in [3.05, 3.63) is 21.8 Å². The fraction of sp³-hybridized carbons (Fsp3) is 0.500. The number of carbonyl (C=O) groups excluding carboxylic acids is 3. The molecule has 30 heavy (non-hydrogen) atoms. The van der Waals surface area contributed by atoms with Crippen LogP contribution in [0.2, 0.25) is 0 Å². The Bertz CT molecular complexity index is 967. The van der Waals surface area contributed by atoms with E-state index < -0.39 is 11.9 Å². The van der Waals surface area contributed by atoms with E-state index in [-0.39, 0.29) is 40.3 Å². The third-order valence-electron chi connectivity index (χ3n) is 4.31. The van der Waals surface area contributed by atoms with E-state index in [1.54, 1.807) is 20.8 Å². The lowest BCUT2D eigenvalue weighted by atomic mass is 10.1. The highest BCUT2D eigenvalue weighted by Crippen LogP contribution is 2.39. The number of hydrogen-bond acceptors (Lipinski definition) is 10. The molecule has 12 heteroatoms. The highest BCUT2D eigenvalue weighted by Gasteiger charge is 2.30. The number of hydrogen-bond donors (Lipinski definition) is 2. The van der Waals surface area contributed by atoms with Crippen LogP contribution in [0.15, 0.2) is 5.16 Å². The highest BCUT2D eigenvalue weighted by atomic mass is 32.2. The first-order valence-corrected chi connectivity index (χ1v) is 11.3. The molecule has 0 radical (unpaired) electrons. The van der Waals surface area contributed by atoms with Crippen LogP contribution in [0.5, 0.6) is 0 Å². The molecule has 10 nitrogen and oxygen atoms in total. The molecule has 0 unspecified atom stereocenters. The van der Waals surface area contributed by atoms with Gasteiger partial charge in [0.15, 0.2) is 5.82 Å². The molecule has 1 aliphatic rings. The van der Waals surface area contributed by atoms with Crippen LogP contribution in [-0.2, 0) is 14.3 Å². The normalized spacial score (nSPS) is 13.2. The standard InChI is InChI=1S/C18H23N5O5S2/c1-4-27-16(25)12-9(3)13(17(26)28-5-2)30-15(12)20-11(24)8-29-18-22-21-14(23(18)19)10-6-7-10/h10H,4-8,19H2,1-3H3,(H,20,24). The zero-order valence-electron chi connectivity index (χ0n) is 16.9. The van der Waals surface area contributed by atoms with Crippen LogP contribution >= 0.6 is 23.1 Å². The van der Waals surface area contributed by atoms with Crippen molar-refractivity contribution in [1.82, 2.24) is 14.9 Å². The van der Waals surface area contributed by atoms with Gasteiger partial charge in [-0.1, -0.05) is 11.8 Å². The number of nitrogens with one attached hydrogen (secondary N) is 1. The summed E-state index contributed by atoms with van der Waals surface area (Å²) in [5, 5.41) is 11.5. The third-order valence-corrected chi connectivity index (χ3v) is 6.44. The summed E-state index contributed by atoms with van der Waals surface area (Å²) < 4.78 is 11.5. The van der Waals surface area contributed by atoms with E-state index in [1.165, 1.54) is 4.68 Å². The Hall–Kier alpha value is -2.60. The minimum atomic E-state index is -0.611. The Balaban J connectivity index is 1.73. The van der Waals surface area contributed by atoms with Crippen molar-refractivity contribution in [3.63, 3.8) is 0 Å². The molecule has 0 spiro atoms. The predicted octanol–water partition coefficient (Wildman–Crippen LogP) is 2.32. The van der Waals surface area contributed by atoms with Crippen LogP contribution in [0.1, 0.15) is 64.0 Å². The quantitative estimate of drug-likeness (QED) is 0.333. The number of nitrogen functional groups attached to an aromatic ring is 1. The largest absolute Gasteiger partial charge is 0.462 e. The van der Waals surface area contributed by atoms with Crippen molar-refractivity contribution in [1.29, 1.82) is 0 Å². The first-order chi connectivity index (χ1) is 14.4. The van der Waals surface area contributed by atoms with Crippen molar-refractivity contribution >= 4 is 45.9 Å². The zero-order valence-corrected chi connectivity index (χ0v) is 18.5. The van der Waals surface area contributed by atoms with Gasteiger partial charge in [0, 0.05) is 5.92 Å². The molecule has 1 aliphatic carbocycles. The fourth-order valence-electron chi connectivity index (χ4n) is 2.74. The summed E-state index contributed by atoms with van der Waals surface area (Å²) >= 11 is 2.12. The lowest BCUT2D eigenvalue weighted by Gasteiger charge is -2.07. The van der Waals surface area contributed by atoms with Gasteiger partial charge in [0.05, 0.1) is 24.5 Å². The molecule has 3 N–H and O–H groups in total. The van der Waals surface area contributed by atoms with Crippen molar-refractivity contribution in [2.75, 3.05) is 30.1 Å². The van der Waals surface area contributed by atoms with Gasteiger partial charge in [0.25, 0.3) is 0 Å². The molecule has 1 saturated carbocycles.